The van der Waals surface area contributed by atoms with E-state index in [1.54, 1.807) is 0 Å². The van der Waals surface area contributed by atoms with E-state index in [1.807, 2.05) is 26.0 Å². The van der Waals surface area contributed by atoms with E-state index < -0.39 is 0 Å². The highest BCUT2D eigenvalue weighted by atomic mass is 35.5. The summed E-state index contributed by atoms with van der Waals surface area (Å²) in [5.41, 5.74) is 8.81. The molecule has 0 radical (unpaired) electrons. The Labute approximate surface area is 103 Å². The molecule has 0 bridgehead atoms. The number of benzene rings is 1. The van der Waals surface area contributed by atoms with Gasteiger partial charge in [-0.25, -0.2) is 0 Å². The Bertz CT molecular complexity index is 366. The Balaban J connectivity index is 0.00000225. The molecule has 0 saturated carbocycles. The predicted octanol–water partition coefficient (Wildman–Crippen LogP) is 1.86. The van der Waals surface area contributed by atoms with Gasteiger partial charge in [0.25, 0.3) is 0 Å². The van der Waals surface area contributed by atoms with E-state index in [0.717, 1.165) is 5.56 Å². The lowest BCUT2D eigenvalue weighted by Gasteiger charge is -2.16. The highest BCUT2D eigenvalue weighted by Gasteiger charge is 2.10. The second-order valence-corrected chi connectivity index (χ2v) is 3.85. The Hall–Kier alpha value is -1.06. The molecule has 0 aromatic heterocycles. The molecule has 1 aromatic rings. The first kappa shape index (κ1) is 14.9. The molecule has 1 atom stereocenters. The molecule has 1 rings (SSSR count). The molecule has 0 heterocycles. The maximum atomic E-state index is 11.1. The number of nitrogens with two attached hydrogens (primary N) is 1. The van der Waals surface area contributed by atoms with Gasteiger partial charge in [0.2, 0.25) is 5.91 Å². The molecule has 3 nitrogen and oxygen atoms in total. The summed E-state index contributed by atoms with van der Waals surface area (Å²) in [6, 6.07) is 6.22. The van der Waals surface area contributed by atoms with E-state index in [4.69, 9.17) is 5.73 Å². The maximum Gasteiger partial charge on any atom is 0.234 e. The second-order valence-electron chi connectivity index (χ2n) is 3.85. The number of nitrogens with one attached hydrogen (secondary N) is 1. The molecule has 0 fully saturated rings. The Morgan fingerprint density at radius 2 is 2.06 bits per heavy atom. The molecule has 90 valence electrons. The van der Waals surface area contributed by atoms with Crippen molar-refractivity contribution in [1.29, 1.82) is 0 Å². The fourth-order valence-corrected chi connectivity index (χ4v) is 1.69. The molecular weight excluding hydrogens is 224 g/mol. The molecule has 0 saturated heterocycles. The number of carbonyl (C=O) groups is 1. The third-order valence-electron chi connectivity index (χ3n) is 2.45. The summed E-state index contributed by atoms with van der Waals surface area (Å²) in [7, 11) is 0. The normalized spacial score (nSPS) is 11.5. The minimum atomic E-state index is -0.123. The minimum absolute atomic E-state index is 0. The molecule has 3 N–H and O–H groups in total. The van der Waals surface area contributed by atoms with Crippen LogP contribution < -0.4 is 11.1 Å². The lowest BCUT2D eigenvalue weighted by molar-refractivity contribution is -0.120. The van der Waals surface area contributed by atoms with E-state index in [0.29, 0.717) is 0 Å². The van der Waals surface area contributed by atoms with Crippen LogP contribution in [0.2, 0.25) is 0 Å². The van der Waals surface area contributed by atoms with Crippen molar-refractivity contribution >= 4 is 18.3 Å². The average Bonchev–Trinajstić information content (AvgIpc) is 2.17. The summed E-state index contributed by atoms with van der Waals surface area (Å²) in [4.78, 5) is 11.1. The van der Waals surface area contributed by atoms with E-state index in [2.05, 4.69) is 18.3 Å². The SMILES string of the molecule is Cc1ccc(C(C)NC(=O)CN)c(C)c1.Cl. The first-order chi connectivity index (χ1) is 7.04. The average molecular weight is 243 g/mol. The van der Waals surface area contributed by atoms with Gasteiger partial charge >= 0.3 is 0 Å². The van der Waals surface area contributed by atoms with Crippen LogP contribution in [0.1, 0.15) is 29.7 Å². The van der Waals surface area contributed by atoms with Gasteiger partial charge in [0.1, 0.15) is 0 Å². The van der Waals surface area contributed by atoms with E-state index in [1.165, 1.54) is 11.1 Å². The van der Waals surface area contributed by atoms with Crippen molar-refractivity contribution in [2.75, 3.05) is 6.54 Å². The number of carbonyl (C=O) groups excluding carboxylic acids is 1. The van der Waals surface area contributed by atoms with Gasteiger partial charge in [0.15, 0.2) is 0 Å². The number of aryl methyl sites for hydroxylation is 2. The van der Waals surface area contributed by atoms with Crippen molar-refractivity contribution in [3.8, 4) is 0 Å². The monoisotopic (exact) mass is 242 g/mol. The quantitative estimate of drug-likeness (QED) is 0.850. The number of rotatable bonds is 3. The van der Waals surface area contributed by atoms with Crippen molar-refractivity contribution in [3.05, 3.63) is 34.9 Å². The summed E-state index contributed by atoms with van der Waals surface area (Å²) in [6.45, 7) is 6.10. The van der Waals surface area contributed by atoms with Crippen LogP contribution in [0.5, 0.6) is 0 Å². The number of hydrogen-bond donors (Lipinski definition) is 2. The summed E-state index contributed by atoms with van der Waals surface area (Å²) in [5.74, 6) is -0.123. The van der Waals surface area contributed by atoms with E-state index in [9.17, 15) is 4.79 Å². The predicted molar refractivity (Wildman–Crippen MR) is 68.8 cm³/mol. The van der Waals surface area contributed by atoms with Crippen LogP contribution in [0, 0.1) is 13.8 Å². The Morgan fingerprint density at radius 1 is 1.44 bits per heavy atom. The zero-order chi connectivity index (χ0) is 11.4. The van der Waals surface area contributed by atoms with Crippen LogP contribution in [0.15, 0.2) is 18.2 Å². The van der Waals surface area contributed by atoms with Crippen LogP contribution in [-0.2, 0) is 4.79 Å². The zero-order valence-electron chi connectivity index (χ0n) is 9.91. The molecule has 16 heavy (non-hydrogen) atoms. The third-order valence-corrected chi connectivity index (χ3v) is 2.45. The van der Waals surface area contributed by atoms with Crippen LogP contribution in [-0.4, -0.2) is 12.5 Å². The summed E-state index contributed by atoms with van der Waals surface area (Å²) < 4.78 is 0. The van der Waals surface area contributed by atoms with Crippen LogP contribution >= 0.6 is 12.4 Å². The first-order valence-electron chi connectivity index (χ1n) is 5.11. The van der Waals surface area contributed by atoms with Crippen LogP contribution in [0.25, 0.3) is 0 Å². The van der Waals surface area contributed by atoms with Gasteiger partial charge in [-0.15, -0.1) is 12.4 Å². The number of amides is 1. The molecule has 1 aromatic carbocycles. The number of hydrogen-bond acceptors (Lipinski definition) is 2. The lowest BCUT2D eigenvalue weighted by atomic mass is 10.0. The van der Waals surface area contributed by atoms with Gasteiger partial charge in [0, 0.05) is 0 Å². The smallest absolute Gasteiger partial charge is 0.234 e. The van der Waals surface area contributed by atoms with Crippen LogP contribution in [0.4, 0.5) is 0 Å². The highest BCUT2D eigenvalue weighted by Crippen LogP contribution is 2.18. The van der Waals surface area contributed by atoms with Gasteiger partial charge in [-0.3, -0.25) is 4.79 Å². The molecule has 0 aliphatic rings. The summed E-state index contributed by atoms with van der Waals surface area (Å²) in [5, 5.41) is 2.84. The molecular formula is C12H19ClN2O. The molecule has 1 amide bonds. The van der Waals surface area contributed by atoms with E-state index in [-0.39, 0.29) is 30.9 Å². The number of halogens is 1. The van der Waals surface area contributed by atoms with Crippen molar-refractivity contribution in [3.63, 3.8) is 0 Å². The van der Waals surface area contributed by atoms with Crippen molar-refractivity contribution in [2.45, 2.75) is 26.8 Å². The van der Waals surface area contributed by atoms with Crippen molar-refractivity contribution < 1.29 is 4.79 Å². The zero-order valence-corrected chi connectivity index (χ0v) is 10.7. The van der Waals surface area contributed by atoms with Crippen LogP contribution in [0.3, 0.4) is 0 Å². The fraction of sp³-hybridized carbons (Fsp3) is 0.417. The summed E-state index contributed by atoms with van der Waals surface area (Å²) >= 11 is 0. The summed E-state index contributed by atoms with van der Waals surface area (Å²) in [6.07, 6.45) is 0. The van der Waals surface area contributed by atoms with Crippen molar-refractivity contribution in [1.82, 2.24) is 5.32 Å². The van der Waals surface area contributed by atoms with Gasteiger partial charge in [-0.1, -0.05) is 23.8 Å². The largest absolute Gasteiger partial charge is 0.348 e. The third kappa shape index (κ3) is 3.83. The van der Waals surface area contributed by atoms with Gasteiger partial charge in [-0.05, 0) is 31.9 Å². The highest BCUT2D eigenvalue weighted by molar-refractivity contribution is 5.85. The van der Waals surface area contributed by atoms with Gasteiger partial charge in [-0.2, -0.15) is 0 Å². The molecule has 1 unspecified atom stereocenters. The van der Waals surface area contributed by atoms with E-state index >= 15 is 0 Å². The molecule has 0 aliphatic heterocycles. The Morgan fingerprint density at radius 3 is 2.56 bits per heavy atom. The van der Waals surface area contributed by atoms with Crippen molar-refractivity contribution in [2.24, 2.45) is 5.73 Å². The molecule has 4 heteroatoms. The second kappa shape index (κ2) is 6.51. The Kier molecular flexibility index (Phi) is 6.08. The first-order valence-corrected chi connectivity index (χ1v) is 5.11. The fourth-order valence-electron chi connectivity index (χ4n) is 1.69. The minimum Gasteiger partial charge on any atom is -0.348 e. The molecule has 0 spiro atoms. The van der Waals surface area contributed by atoms with Gasteiger partial charge in [0.05, 0.1) is 12.6 Å². The maximum absolute atomic E-state index is 11.1. The van der Waals surface area contributed by atoms with Gasteiger partial charge < -0.3 is 11.1 Å². The lowest BCUT2D eigenvalue weighted by Crippen LogP contribution is -2.32. The topological polar surface area (TPSA) is 55.1 Å². The standard InChI is InChI=1S/C12H18N2O.ClH/c1-8-4-5-11(9(2)6-8)10(3)14-12(15)7-13;/h4-6,10H,7,13H2,1-3H3,(H,14,15);1H. The molecule has 0 aliphatic carbocycles.